The second-order valence-electron chi connectivity index (χ2n) is 5.78. The van der Waals surface area contributed by atoms with Crippen LogP contribution >= 0.6 is 0 Å². The molecule has 0 saturated carbocycles. The number of carbonyl (C=O) groups excluding carboxylic acids is 1. The molecule has 3 N–H and O–H groups in total. The van der Waals surface area contributed by atoms with Crippen LogP contribution in [0.3, 0.4) is 0 Å². The number of aromatic amines is 1. The topological polar surface area (TPSA) is 74.3 Å². The van der Waals surface area contributed by atoms with Gasteiger partial charge in [-0.25, -0.2) is 0 Å². The van der Waals surface area contributed by atoms with Gasteiger partial charge in [0.1, 0.15) is 0 Å². The minimum absolute atomic E-state index is 0.0943. The maximum Gasteiger partial charge on any atom is 0.256 e. The molecular formula is C20H16N2O3. The van der Waals surface area contributed by atoms with E-state index >= 15 is 0 Å². The van der Waals surface area contributed by atoms with Crippen LogP contribution in [-0.4, -0.2) is 23.1 Å². The van der Waals surface area contributed by atoms with E-state index in [-0.39, 0.29) is 11.7 Å². The first-order valence-electron chi connectivity index (χ1n) is 7.84. The zero-order valence-corrected chi connectivity index (χ0v) is 13.5. The van der Waals surface area contributed by atoms with Crippen molar-refractivity contribution in [1.29, 1.82) is 0 Å². The second kappa shape index (κ2) is 5.87. The predicted molar refractivity (Wildman–Crippen MR) is 97.4 cm³/mol. The number of benzene rings is 2. The number of ether oxygens (including phenoxy) is 1. The molecule has 1 aromatic heterocycles. The Hall–Kier alpha value is -3.47. The van der Waals surface area contributed by atoms with Crippen molar-refractivity contribution in [3.05, 3.63) is 66.0 Å². The standard InChI is InChI=1S/C20H16N2O3/c1-25-19-10-13(5-7-18(19)23)12-4-6-15-16(11-14-3-2-8-21-14)20(24)22-17(15)9-12/h2-11,21,23H,1H3,(H,22,24)/b16-11-. The third kappa shape index (κ3) is 2.65. The van der Waals surface area contributed by atoms with Crippen LogP contribution in [0.5, 0.6) is 11.5 Å². The minimum atomic E-state index is -0.120. The van der Waals surface area contributed by atoms with E-state index in [1.165, 1.54) is 7.11 Å². The number of rotatable bonds is 3. The molecule has 0 saturated heterocycles. The molecule has 2 aromatic carbocycles. The highest BCUT2D eigenvalue weighted by Crippen LogP contribution is 2.38. The average molecular weight is 332 g/mol. The van der Waals surface area contributed by atoms with E-state index in [9.17, 15) is 9.90 Å². The number of phenolic OH excluding ortho intramolecular Hbond substituents is 1. The molecule has 0 unspecified atom stereocenters. The summed E-state index contributed by atoms with van der Waals surface area (Å²) < 4.78 is 5.16. The summed E-state index contributed by atoms with van der Waals surface area (Å²) in [6.07, 6.45) is 3.66. The molecule has 0 bridgehead atoms. The zero-order valence-electron chi connectivity index (χ0n) is 13.5. The lowest BCUT2D eigenvalue weighted by Gasteiger charge is -2.08. The second-order valence-corrected chi connectivity index (χ2v) is 5.78. The van der Waals surface area contributed by atoms with Gasteiger partial charge in [0.2, 0.25) is 0 Å². The molecule has 1 amide bonds. The zero-order chi connectivity index (χ0) is 17.4. The van der Waals surface area contributed by atoms with Crippen molar-refractivity contribution in [2.24, 2.45) is 0 Å². The molecule has 3 aromatic rings. The van der Waals surface area contributed by atoms with Gasteiger partial charge >= 0.3 is 0 Å². The quantitative estimate of drug-likeness (QED) is 0.637. The Morgan fingerprint density at radius 2 is 1.88 bits per heavy atom. The Bertz CT molecular complexity index is 988. The number of anilines is 1. The number of phenols is 1. The van der Waals surface area contributed by atoms with Crippen molar-refractivity contribution in [2.45, 2.75) is 0 Å². The first-order chi connectivity index (χ1) is 12.2. The molecule has 0 fully saturated rings. The lowest BCUT2D eigenvalue weighted by Crippen LogP contribution is -2.03. The van der Waals surface area contributed by atoms with Crippen molar-refractivity contribution in [3.63, 3.8) is 0 Å². The van der Waals surface area contributed by atoms with Gasteiger partial charge in [-0.05, 0) is 47.5 Å². The van der Waals surface area contributed by atoms with E-state index in [1.54, 1.807) is 12.1 Å². The summed E-state index contributed by atoms with van der Waals surface area (Å²) in [6.45, 7) is 0. The number of aromatic nitrogens is 1. The van der Waals surface area contributed by atoms with E-state index in [0.29, 0.717) is 11.3 Å². The number of H-pyrrole nitrogens is 1. The molecule has 0 radical (unpaired) electrons. The van der Waals surface area contributed by atoms with Crippen molar-refractivity contribution < 1.29 is 14.6 Å². The van der Waals surface area contributed by atoms with Crippen LogP contribution in [-0.2, 0) is 4.79 Å². The van der Waals surface area contributed by atoms with Crippen molar-refractivity contribution >= 4 is 23.2 Å². The summed E-state index contributed by atoms with van der Waals surface area (Å²) >= 11 is 0. The van der Waals surface area contributed by atoms with Crippen LogP contribution < -0.4 is 10.1 Å². The van der Waals surface area contributed by atoms with Crippen molar-refractivity contribution in [3.8, 4) is 22.6 Å². The van der Waals surface area contributed by atoms with Gasteiger partial charge in [0.15, 0.2) is 11.5 Å². The van der Waals surface area contributed by atoms with Crippen LogP contribution in [0.2, 0.25) is 0 Å². The number of methoxy groups -OCH3 is 1. The Balaban J connectivity index is 1.75. The van der Waals surface area contributed by atoms with E-state index in [0.717, 1.165) is 28.1 Å². The Morgan fingerprint density at radius 3 is 2.64 bits per heavy atom. The Kier molecular flexibility index (Phi) is 3.54. The molecule has 1 aliphatic heterocycles. The van der Waals surface area contributed by atoms with Crippen LogP contribution in [0.15, 0.2) is 54.7 Å². The number of aromatic hydroxyl groups is 1. The van der Waals surface area contributed by atoms with E-state index in [4.69, 9.17) is 4.74 Å². The average Bonchev–Trinajstić information content (AvgIpc) is 3.23. The normalized spacial score (nSPS) is 14.4. The lowest BCUT2D eigenvalue weighted by atomic mass is 10.00. The molecule has 124 valence electrons. The van der Waals surface area contributed by atoms with Gasteiger partial charge in [-0.2, -0.15) is 0 Å². The lowest BCUT2D eigenvalue weighted by molar-refractivity contribution is -0.110. The smallest absolute Gasteiger partial charge is 0.256 e. The van der Waals surface area contributed by atoms with Gasteiger partial charge < -0.3 is 20.1 Å². The first kappa shape index (κ1) is 15.1. The molecule has 25 heavy (non-hydrogen) atoms. The molecular weight excluding hydrogens is 316 g/mol. The van der Waals surface area contributed by atoms with Gasteiger partial charge in [-0.1, -0.05) is 18.2 Å². The summed E-state index contributed by atoms with van der Waals surface area (Å²) in [5.41, 5.74) is 4.98. The highest BCUT2D eigenvalue weighted by Gasteiger charge is 2.24. The van der Waals surface area contributed by atoms with Gasteiger partial charge in [0.25, 0.3) is 5.91 Å². The van der Waals surface area contributed by atoms with Crippen LogP contribution in [0.1, 0.15) is 11.3 Å². The number of hydrogen-bond donors (Lipinski definition) is 3. The number of carbonyl (C=O) groups is 1. The number of hydrogen-bond acceptors (Lipinski definition) is 3. The highest BCUT2D eigenvalue weighted by molar-refractivity contribution is 6.35. The van der Waals surface area contributed by atoms with E-state index in [1.807, 2.05) is 48.7 Å². The fourth-order valence-corrected chi connectivity index (χ4v) is 2.96. The number of nitrogens with one attached hydrogen (secondary N) is 2. The molecule has 1 aliphatic rings. The first-order valence-corrected chi connectivity index (χ1v) is 7.84. The fourth-order valence-electron chi connectivity index (χ4n) is 2.96. The number of fused-ring (bicyclic) bond motifs is 1. The molecule has 5 heteroatoms. The third-order valence-corrected chi connectivity index (χ3v) is 4.24. The Labute approximate surface area is 144 Å². The predicted octanol–water partition coefficient (Wildman–Crippen LogP) is 3.89. The van der Waals surface area contributed by atoms with Crippen molar-refractivity contribution in [2.75, 3.05) is 12.4 Å². The molecule has 0 spiro atoms. The van der Waals surface area contributed by atoms with Crippen LogP contribution in [0, 0.1) is 0 Å². The summed E-state index contributed by atoms with van der Waals surface area (Å²) in [7, 11) is 1.51. The van der Waals surface area contributed by atoms with Gasteiger partial charge in [-0.15, -0.1) is 0 Å². The fraction of sp³-hybridized carbons (Fsp3) is 0.0500. The maximum atomic E-state index is 12.3. The van der Waals surface area contributed by atoms with Crippen molar-refractivity contribution in [1.82, 2.24) is 4.98 Å². The van der Waals surface area contributed by atoms with Crippen LogP contribution in [0.25, 0.3) is 22.8 Å². The molecule has 4 rings (SSSR count). The van der Waals surface area contributed by atoms with E-state index < -0.39 is 0 Å². The number of amides is 1. The molecule has 2 heterocycles. The molecule has 0 atom stereocenters. The van der Waals surface area contributed by atoms with E-state index in [2.05, 4.69) is 10.3 Å². The summed E-state index contributed by atoms with van der Waals surface area (Å²) in [4.78, 5) is 15.4. The van der Waals surface area contributed by atoms with Gasteiger partial charge in [0.05, 0.1) is 12.7 Å². The van der Waals surface area contributed by atoms with Crippen LogP contribution in [0.4, 0.5) is 5.69 Å². The Morgan fingerprint density at radius 1 is 1.08 bits per heavy atom. The van der Waals surface area contributed by atoms with Gasteiger partial charge in [-0.3, -0.25) is 4.79 Å². The highest BCUT2D eigenvalue weighted by atomic mass is 16.5. The monoisotopic (exact) mass is 332 g/mol. The third-order valence-electron chi connectivity index (χ3n) is 4.24. The summed E-state index contributed by atoms with van der Waals surface area (Å²) in [6, 6.07) is 14.8. The molecule has 0 aliphatic carbocycles. The summed E-state index contributed by atoms with van der Waals surface area (Å²) in [5, 5.41) is 12.6. The largest absolute Gasteiger partial charge is 0.504 e. The SMILES string of the molecule is COc1cc(-c2ccc3c(c2)NC(=O)/C3=C\c2ccc[nH]2)ccc1O. The van der Waals surface area contributed by atoms with Gasteiger partial charge in [0, 0.05) is 23.1 Å². The maximum absolute atomic E-state index is 12.3. The minimum Gasteiger partial charge on any atom is -0.504 e. The summed E-state index contributed by atoms with van der Waals surface area (Å²) in [5.74, 6) is 0.385. The molecule has 5 nitrogen and oxygen atoms in total.